The molecular formula is C11H11F3O. The van der Waals surface area contributed by atoms with Crippen molar-refractivity contribution in [3.8, 4) is 0 Å². The average molecular weight is 216 g/mol. The quantitative estimate of drug-likeness (QED) is 0.804. The van der Waals surface area contributed by atoms with Crippen LogP contribution in [-0.4, -0.2) is 17.9 Å². The van der Waals surface area contributed by atoms with Crippen LogP contribution < -0.4 is 0 Å². The molecule has 0 radical (unpaired) electrons. The van der Waals surface area contributed by atoms with Gasteiger partial charge < -0.3 is 5.11 Å². The van der Waals surface area contributed by atoms with Gasteiger partial charge in [-0.15, -0.1) is 0 Å². The molecule has 2 rings (SSSR count). The van der Waals surface area contributed by atoms with Gasteiger partial charge in [0.25, 0.3) is 0 Å². The van der Waals surface area contributed by atoms with Crippen molar-refractivity contribution in [1.82, 2.24) is 0 Å². The average Bonchev–Trinajstić information content (AvgIpc) is 2.17. The number of hydrogen-bond acceptors (Lipinski definition) is 1. The Morgan fingerprint density at radius 2 is 1.93 bits per heavy atom. The summed E-state index contributed by atoms with van der Waals surface area (Å²) in [6.45, 7) is -0.238. The Balaban J connectivity index is 2.32. The number of benzene rings is 1. The molecule has 0 unspecified atom stereocenters. The van der Waals surface area contributed by atoms with E-state index in [2.05, 4.69) is 0 Å². The van der Waals surface area contributed by atoms with E-state index in [1.54, 1.807) is 0 Å². The molecular weight excluding hydrogens is 205 g/mol. The van der Waals surface area contributed by atoms with Gasteiger partial charge in [-0.2, -0.15) is 0 Å². The van der Waals surface area contributed by atoms with Gasteiger partial charge in [-0.25, -0.2) is 13.2 Å². The zero-order chi connectivity index (χ0) is 11.1. The van der Waals surface area contributed by atoms with E-state index in [-0.39, 0.29) is 19.4 Å². The molecule has 0 bridgehead atoms. The van der Waals surface area contributed by atoms with E-state index < -0.39 is 23.2 Å². The van der Waals surface area contributed by atoms with Gasteiger partial charge in [0.05, 0.1) is 6.61 Å². The second kappa shape index (κ2) is 3.52. The van der Waals surface area contributed by atoms with E-state index >= 15 is 0 Å². The number of alkyl halides is 1. The zero-order valence-corrected chi connectivity index (χ0v) is 8.01. The fraction of sp³-hybridized carbons (Fsp3) is 0.455. The van der Waals surface area contributed by atoms with Crippen LogP contribution in [0.5, 0.6) is 0 Å². The highest BCUT2D eigenvalue weighted by atomic mass is 19.2. The predicted molar refractivity (Wildman–Crippen MR) is 49.3 cm³/mol. The van der Waals surface area contributed by atoms with Gasteiger partial charge in [-0.05, 0) is 30.5 Å². The summed E-state index contributed by atoms with van der Waals surface area (Å²) in [5, 5.41) is 9.19. The van der Waals surface area contributed by atoms with Gasteiger partial charge in [-0.3, -0.25) is 0 Å². The maximum atomic E-state index is 13.0. The third kappa shape index (κ3) is 1.63. The van der Waals surface area contributed by atoms with E-state index in [0.717, 1.165) is 12.1 Å². The standard InChI is InChI=1S/C11H11F3O/c12-8-4-11(5-8,6-15)7-1-2-9(13)10(14)3-7/h1-3,8,15H,4-6H2. The smallest absolute Gasteiger partial charge is 0.159 e. The lowest BCUT2D eigenvalue weighted by Crippen LogP contribution is -2.45. The van der Waals surface area contributed by atoms with Crippen molar-refractivity contribution in [2.24, 2.45) is 0 Å². The Hall–Kier alpha value is -1.03. The lowest BCUT2D eigenvalue weighted by molar-refractivity contribution is 0.0407. The normalized spacial score (nSPS) is 30.0. The van der Waals surface area contributed by atoms with E-state index in [1.165, 1.54) is 6.07 Å². The van der Waals surface area contributed by atoms with Crippen LogP contribution in [0.4, 0.5) is 13.2 Å². The molecule has 1 N–H and O–H groups in total. The number of halogens is 3. The summed E-state index contributed by atoms with van der Waals surface area (Å²) < 4.78 is 38.4. The van der Waals surface area contributed by atoms with Crippen LogP contribution in [0, 0.1) is 11.6 Å². The van der Waals surface area contributed by atoms with Gasteiger partial charge in [0.1, 0.15) is 6.17 Å². The van der Waals surface area contributed by atoms with Gasteiger partial charge in [0.2, 0.25) is 0 Å². The molecule has 1 saturated carbocycles. The molecule has 15 heavy (non-hydrogen) atoms. The Morgan fingerprint density at radius 3 is 2.40 bits per heavy atom. The minimum atomic E-state index is -0.956. The summed E-state index contributed by atoms with van der Waals surface area (Å²) >= 11 is 0. The maximum absolute atomic E-state index is 13.0. The molecule has 0 saturated heterocycles. The summed E-state index contributed by atoms with van der Waals surface area (Å²) in [6.07, 6.45) is -0.603. The van der Waals surface area contributed by atoms with Crippen molar-refractivity contribution >= 4 is 0 Å². The molecule has 1 aliphatic carbocycles. The Labute approximate surface area is 85.5 Å². The number of aliphatic hydroxyl groups excluding tert-OH is 1. The van der Waals surface area contributed by atoms with Crippen LogP contribution in [0.15, 0.2) is 18.2 Å². The molecule has 1 aliphatic rings. The van der Waals surface area contributed by atoms with Gasteiger partial charge >= 0.3 is 0 Å². The lowest BCUT2D eigenvalue weighted by Gasteiger charge is -2.43. The fourth-order valence-corrected chi connectivity index (χ4v) is 2.07. The highest BCUT2D eigenvalue weighted by Crippen LogP contribution is 2.45. The summed E-state index contributed by atoms with van der Waals surface area (Å²) in [7, 11) is 0. The first kappa shape index (κ1) is 10.5. The minimum Gasteiger partial charge on any atom is -0.395 e. The molecule has 0 aromatic heterocycles. The third-order valence-electron chi connectivity index (χ3n) is 3.06. The van der Waals surface area contributed by atoms with Crippen LogP contribution in [0.25, 0.3) is 0 Å². The van der Waals surface area contributed by atoms with Gasteiger partial charge in [-0.1, -0.05) is 6.07 Å². The first-order valence-corrected chi connectivity index (χ1v) is 4.78. The first-order valence-electron chi connectivity index (χ1n) is 4.78. The van der Waals surface area contributed by atoms with Crippen LogP contribution in [0.1, 0.15) is 18.4 Å². The van der Waals surface area contributed by atoms with E-state index in [9.17, 15) is 18.3 Å². The van der Waals surface area contributed by atoms with E-state index in [1.807, 2.05) is 0 Å². The van der Waals surface area contributed by atoms with Gasteiger partial charge in [0, 0.05) is 5.41 Å². The first-order chi connectivity index (χ1) is 7.07. The van der Waals surface area contributed by atoms with Crippen molar-refractivity contribution < 1.29 is 18.3 Å². The minimum absolute atomic E-state index is 0.175. The zero-order valence-electron chi connectivity index (χ0n) is 8.01. The van der Waals surface area contributed by atoms with Crippen LogP contribution in [0.2, 0.25) is 0 Å². The van der Waals surface area contributed by atoms with Gasteiger partial charge in [0.15, 0.2) is 11.6 Å². The third-order valence-corrected chi connectivity index (χ3v) is 3.06. The highest BCUT2D eigenvalue weighted by molar-refractivity contribution is 5.30. The number of rotatable bonds is 2. The van der Waals surface area contributed by atoms with Crippen LogP contribution >= 0.6 is 0 Å². The summed E-state index contributed by atoms with van der Waals surface area (Å²) in [6, 6.07) is 3.45. The highest BCUT2D eigenvalue weighted by Gasteiger charge is 2.45. The van der Waals surface area contributed by atoms with Crippen LogP contribution in [-0.2, 0) is 5.41 Å². The Kier molecular flexibility index (Phi) is 2.46. The second-order valence-corrected chi connectivity index (χ2v) is 4.07. The summed E-state index contributed by atoms with van der Waals surface area (Å²) in [5.41, 5.74) is -0.244. The molecule has 1 aromatic rings. The summed E-state index contributed by atoms with van der Waals surface area (Å²) in [4.78, 5) is 0. The number of hydrogen-bond donors (Lipinski definition) is 1. The van der Waals surface area contributed by atoms with E-state index in [4.69, 9.17) is 0 Å². The van der Waals surface area contributed by atoms with Crippen molar-refractivity contribution in [2.45, 2.75) is 24.4 Å². The van der Waals surface area contributed by atoms with Crippen molar-refractivity contribution in [3.63, 3.8) is 0 Å². The summed E-state index contributed by atoms with van der Waals surface area (Å²) in [5.74, 6) is -1.88. The lowest BCUT2D eigenvalue weighted by atomic mass is 9.64. The molecule has 0 spiro atoms. The molecule has 0 aliphatic heterocycles. The van der Waals surface area contributed by atoms with Crippen molar-refractivity contribution in [3.05, 3.63) is 35.4 Å². The molecule has 1 fully saturated rings. The SMILES string of the molecule is OCC1(c2ccc(F)c(F)c2)CC(F)C1. The van der Waals surface area contributed by atoms with Crippen LogP contribution in [0.3, 0.4) is 0 Å². The largest absolute Gasteiger partial charge is 0.395 e. The molecule has 1 nitrogen and oxygen atoms in total. The molecule has 0 amide bonds. The Morgan fingerprint density at radius 1 is 1.27 bits per heavy atom. The predicted octanol–water partition coefficient (Wildman–Crippen LogP) is 2.33. The fourth-order valence-electron chi connectivity index (χ4n) is 2.07. The number of aliphatic hydroxyl groups is 1. The van der Waals surface area contributed by atoms with Crippen molar-refractivity contribution in [2.75, 3.05) is 6.61 Å². The molecule has 0 atom stereocenters. The van der Waals surface area contributed by atoms with Crippen molar-refractivity contribution in [1.29, 1.82) is 0 Å². The molecule has 0 heterocycles. The monoisotopic (exact) mass is 216 g/mol. The molecule has 82 valence electrons. The van der Waals surface area contributed by atoms with E-state index in [0.29, 0.717) is 5.56 Å². The second-order valence-electron chi connectivity index (χ2n) is 4.07. The molecule has 4 heteroatoms. The Bertz CT molecular complexity index is 372. The molecule has 1 aromatic carbocycles. The topological polar surface area (TPSA) is 20.2 Å². The maximum Gasteiger partial charge on any atom is 0.159 e.